The summed E-state index contributed by atoms with van der Waals surface area (Å²) in [6.45, 7) is 1.81. The third-order valence-electron chi connectivity index (χ3n) is 2.37. The smallest absolute Gasteiger partial charge is 0.170 e. The lowest BCUT2D eigenvalue weighted by Crippen LogP contribution is -2.07. The van der Waals surface area contributed by atoms with E-state index in [0.717, 1.165) is 16.5 Å². The zero-order valence-electron chi connectivity index (χ0n) is 7.96. The number of furan rings is 1. The Morgan fingerprint density at radius 2 is 2.14 bits per heavy atom. The topological polar surface area (TPSA) is 39.2 Å². The molecule has 1 aromatic heterocycles. The maximum atomic E-state index is 13.3. The summed E-state index contributed by atoms with van der Waals surface area (Å²) in [5.74, 6) is 0.355. The highest BCUT2D eigenvalue weighted by Crippen LogP contribution is 2.30. The van der Waals surface area contributed by atoms with Crippen molar-refractivity contribution >= 4 is 11.0 Å². The molecular formula is C11H12FNO. The molecule has 1 aromatic carbocycles. The maximum Gasteiger partial charge on any atom is 0.170 e. The van der Waals surface area contributed by atoms with E-state index in [4.69, 9.17) is 10.2 Å². The Morgan fingerprint density at radius 1 is 1.43 bits per heavy atom. The summed E-state index contributed by atoms with van der Waals surface area (Å²) < 4.78 is 18.7. The largest absolute Gasteiger partial charge is 0.458 e. The highest BCUT2D eigenvalue weighted by Gasteiger charge is 2.17. The average Bonchev–Trinajstić information content (AvgIpc) is 2.56. The van der Waals surface area contributed by atoms with Crippen molar-refractivity contribution in [1.29, 1.82) is 0 Å². The van der Waals surface area contributed by atoms with Gasteiger partial charge in [0.25, 0.3) is 0 Å². The molecule has 0 aliphatic heterocycles. The van der Waals surface area contributed by atoms with Crippen molar-refractivity contribution in [2.45, 2.75) is 13.1 Å². The molecule has 1 atom stereocenters. The van der Waals surface area contributed by atoms with Gasteiger partial charge in [0.2, 0.25) is 0 Å². The lowest BCUT2D eigenvalue weighted by molar-refractivity contribution is 0.299. The van der Waals surface area contributed by atoms with Gasteiger partial charge in [-0.25, -0.2) is 4.39 Å². The lowest BCUT2D eigenvalue weighted by atomic mass is 10.1. The van der Waals surface area contributed by atoms with E-state index < -0.39 is 6.17 Å². The van der Waals surface area contributed by atoms with Crippen LogP contribution in [0.3, 0.4) is 0 Å². The molecule has 1 unspecified atom stereocenters. The molecule has 74 valence electrons. The molecule has 0 aliphatic carbocycles. The number of para-hydroxylation sites is 1. The summed E-state index contributed by atoms with van der Waals surface area (Å²) in [6.07, 6.45) is -1.21. The van der Waals surface area contributed by atoms with E-state index in [-0.39, 0.29) is 6.54 Å². The van der Waals surface area contributed by atoms with E-state index in [9.17, 15) is 4.39 Å². The molecule has 3 heteroatoms. The van der Waals surface area contributed by atoms with Gasteiger partial charge in [0.15, 0.2) is 6.17 Å². The van der Waals surface area contributed by atoms with Crippen molar-refractivity contribution in [1.82, 2.24) is 0 Å². The van der Waals surface area contributed by atoms with Crippen molar-refractivity contribution in [3.05, 3.63) is 35.6 Å². The van der Waals surface area contributed by atoms with Gasteiger partial charge in [0.05, 0.1) is 0 Å². The number of nitrogens with two attached hydrogens (primary N) is 1. The number of benzene rings is 1. The minimum Gasteiger partial charge on any atom is -0.458 e. The van der Waals surface area contributed by atoms with E-state index in [0.29, 0.717) is 5.76 Å². The van der Waals surface area contributed by atoms with Crippen molar-refractivity contribution in [2.24, 2.45) is 5.73 Å². The fourth-order valence-corrected chi connectivity index (χ4v) is 1.60. The average molecular weight is 193 g/mol. The van der Waals surface area contributed by atoms with Gasteiger partial charge >= 0.3 is 0 Å². The van der Waals surface area contributed by atoms with Crippen LogP contribution in [-0.4, -0.2) is 6.54 Å². The molecular weight excluding hydrogens is 181 g/mol. The summed E-state index contributed by atoms with van der Waals surface area (Å²) in [4.78, 5) is 0. The highest BCUT2D eigenvalue weighted by molar-refractivity contribution is 5.81. The monoisotopic (exact) mass is 193 g/mol. The molecule has 0 radical (unpaired) electrons. The molecule has 0 amide bonds. The third-order valence-corrected chi connectivity index (χ3v) is 2.37. The van der Waals surface area contributed by atoms with E-state index >= 15 is 0 Å². The predicted octanol–water partition coefficient (Wildman–Crippen LogP) is 2.71. The van der Waals surface area contributed by atoms with Gasteiger partial charge < -0.3 is 10.2 Å². The SMILES string of the molecule is Cc1c(C(F)CN)oc2ccccc12. The fraction of sp³-hybridized carbons (Fsp3) is 0.273. The molecule has 0 aliphatic rings. The van der Waals surface area contributed by atoms with Gasteiger partial charge in [-0.05, 0) is 13.0 Å². The van der Waals surface area contributed by atoms with Gasteiger partial charge in [-0.1, -0.05) is 18.2 Å². The Labute approximate surface area is 81.5 Å². The van der Waals surface area contributed by atoms with Crippen LogP contribution in [0, 0.1) is 6.92 Å². The zero-order chi connectivity index (χ0) is 10.1. The molecule has 2 aromatic rings. The van der Waals surface area contributed by atoms with E-state index in [1.54, 1.807) is 0 Å². The first-order chi connectivity index (χ1) is 6.74. The highest BCUT2D eigenvalue weighted by atomic mass is 19.1. The van der Waals surface area contributed by atoms with Gasteiger partial charge in [-0.3, -0.25) is 0 Å². The Hall–Kier alpha value is -1.35. The second kappa shape index (κ2) is 3.42. The van der Waals surface area contributed by atoms with Crippen LogP contribution in [0.4, 0.5) is 4.39 Å². The van der Waals surface area contributed by atoms with Gasteiger partial charge in [0.1, 0.15) is 11.3 Å². The molecule has 2 N–H and O–H groups in total. The molecule has 0 fully saturated rings. The molecule has 2 nitrogen and oxygen atoms in total. The first-order valence-corrected chi connectivity index (χ1v) is 4.56. The summed E-state index contributed by atoms with van der Waals surface area (Å²) in [6, 6.07) is 7.52. The molecule has 1 heterocycles. The normalized spacial score (nSPS) is 13.4. The summed E-state index contributed by atoms with van der Waals surface area (Å²) in [5, 5.41) is 0.957. The van der Waals surface area contributed by atoms with E-state index in [1.807, 2.05) is 31.2 Å². The summed E-state index contributed by atoms with van der Waals surface area (Å²) in [7, 11) is 0. The Morgan fingerprint density at radius 3 is 2.79 bits per heavy atom. The van der Waals surface area contributed by atoms with Gasteiger partial charge in [0, 0.05) is 17.5 Å². The number of fused-ring (bicyclic) bond motifs is 1. The Kier molecular flexibility index (Phi) is 2.25. The minimum atomic E-state index is -1.21. The van der Waals surface area contributed by atoms with Crippen LogP contribution in [0.5, 0.6) is 0 Å². The molecule has 0 spiro atoms. The standard InChI is InChI=1S/C11H12FNO/c1-7-8-4-2-3-5-10(8)14-11(7)9(12)6-13/h2-5,9H,6,13H2,1H3. The second-order valence-corrected chi connectivity index (χ2v) is 3.29. The third kappa shape index (κ3) is 1.30. The number of alkyl halides is 1. The number of hydrogen-bond donors (Lipinski definition) is 1. The van der Waals surface area contributed by atoms with Crippen molar-refractivity contribution < 1.29 is 8.81 Å². The van der Waals surface area contributed by atoms with Crippen LogP contribution in [0.15, 0.2) is 28.7 Å². The van der Waals surface area contributed by atoms with Crippen LogP contribution in [-0.2, 0) is 0 Å². The number of rotatable bonds is 2. The van der Waals surface area contributed by atoms with Gasteiger partial charge in [-0.15, -0.1) is 0 Å². The molecule has 14 heavy (non-hydrogen) atoms. The van der Waals surface area contributed by atoms with E-state index in [1.165, 1.54) is 0 Å². The molecule has 0 saturated heterocycles. The van der Waals surface area contributed by atoms with Crippen LogP contribution < -0.4 is 5.73 Å². The fourth-order valence-electron chi connectivity index (χ4n) is 1.60. The number of aryl methyl sites for hydroxylation is 1. The number of halogens is 1. The van der Waals surface area contributed by atoms with Crippen molar-refractivity contribution in [3.63, 3.8) is 0 Å². The summed E-state index contributed by atoms with van der Waals surface area (Å²) >= 11 is 0. The first kappa shape index (κ1) is 9.21. The lowest BCUT2D eigenvalue weighted by Gasteiger charge is -2.01. The second-order valence-electron chi connectivity index (χ2n) is 3.29. The van der Waals surface area contributed by atoms with Crippen molar-refractivity contribution in [2.75, 3.05) is 6.54 Å². The minimum absolute atomic E-state index is 0.0410. The van der Waals surface area contributed by atoms with Gasteiger partial charge in [-0.2, -0.15) is 0 Å². The molecule has 0 bridgehead atoms. The Bertz CT molecular complexity index is 449. The van der Waals surface area contributed by atoms with Crippen LogP contribution in [0.2, 0.25) is 0 Å². The zero-order valence-corrected chi connectivity index (χ0v) is 7.96. The summed E-state index contributed by atoms with van der Waals surface area (Å²) in [5.41, 5.74) is 6.82. The van der Waals surface area contributed by atoms with Crippen LogP contribution >= 0.6 is 0 Å². The van der Waals surface area contributed by atoms with Crippen LogP contribution in [0.25, 0.3) is 11.0 Å². The quantitative estimate of drug-likeness (QED) is 0.796. The van der Waals surface area contributed by atoms with Crippen molar-refractivity contribution in [3.8, 4) is 0 Å². The van der Waals surface area contributed by atoms with Crippen LogP contribution in [0.1, 0.15) is 17.5 Å². The molecule has 0 saturated carbocycles. The molecule has 2 rings (SSSR count). The predicted molar refractivity (Wildman–Crippen MR) is 53.9 cm³/mol. The first-order valence-electron chi connectivity index (χ1n) is 4.56. The number of hydrogen-bond acceptors (Lipinski definition) is 2. The van der Waals surface area contributed by atoms with E-state index in [2.05, 4.69) is 0 Å². The Balaban J connectivity index is 2.62. The maximum absolute atomic E-state index is 13.3.